The molecular formula is C17H13NO2S. The van der Waals surface area contributed by atoms with Crippen LogP contribution >= 0.6 is 11.8 Å². The molecule has 0 aliphatic rings. The van der Waals surface area contributed by atoms with E-state index in [0.717, 1.165) is 21.4 Å². The second kappa shape index (κ2) is 5.97. The number of carboxylic acid groups (broad SMARTS) is 1. The molecule has 1 atom stereocenters. The Hall–Kier alpha value is -2.33. The molecule has 0 fully saturated rings. The summed E-state index contributed by atoms with van der Waals surface area (Å²) in [6.07, 6.45) is 1.72. The smallest absolute Gasteiger partial charge is 0.321 e. The maximum absolute atomic E-state index is 11.6. The van der Waals surface area contributed by atoms with Crippen LogP contribution in [0.5, 0.6) is 0 Å². The van der Waals surface area contributed by atoms with E-state index < -0.39 is 11.2 Å². The second-order valence-corrected chi connectivity index (χ2v) is 5.68. The average molecular weight is 295 g/mol. The molecule has 2 aromatic carbocycles. The molecule has 3 rings (SSSR count). The monoisotopic (exact) mass is 295 g/mol. The molecule has 1 aromatic heterocycles. The minimum atomic E-state index is -0.860. The number of rotatable bonds is 4. The Balaban J connectivity index is 2.01. The van der Waals surface area contributed by atoms with Crippen molar-refractivity contribution in [3.05, 3.63) is 72.4 Å². The van der Waals surface area contributed by atoms with E-state index in [4.69, 9.17) is 0 Å². The Morgan fingerprint density at radius 1 is 1.00 bits per heavy atom. The summed E-state index contributed by atoms with van der Waals surface area (Å²) >= 11 is 1.27. The van der Waals surface area contributed by atoms with Crippen molar-refractivity contribution in [2.45, 2.75) is 10.3 Å². The zero-order valence-corrected chi connectivity index (χ0v) is 12.0. The van der Waals surface area contributed by atoms with Gasteiger partial charge in [-0.2, -0.15) is 0 Å². The lowest BCUT2D eigenvalue weighted by Gasteiger charge is -2.13. The van der Waals surface area contributed by atoms with Crippen LogP contribution in [0, 0.1) is 0 Å². The summed E-state index contributed by atoms with van der Waals surface area (Å²) in [5.41, 5.74) is 0.768. The van der Waals surface area contributed by atoms with E-state index in [-0.39, 0.29) is 0 Å². The lowest BCUT2D eigenvalue weighted by Crippen LogP contribution is -2.08. The van der Waals surface area contributed by atoms with Gasteiger partial charge in [-0.25, -0.2) is 4.98 Å². The third kappa shape index (κ3) is 2.90. The predicted molar refractivity (Wildman–Crippen MR) is 84.4 cm³/mol. The largest absolute Gasteiger partial charge is 0.480 e. The molecule has 3 aromatic rings. The molecule has 104 valence electrons. The third-order valence-electron chi connectivity index (χ3n) is 3.19. The second-order valence-electron chi connectivity index (χ2n) is 4.58. The van der Waals surface area contributed by atoms with Crippen molar-refractivity contribution in [2.24, 2.45) is 0 Å². The van der Waals surface area contributed by atoms with E-state index in [0.29, 0.717) is 0 Å². The number of hydrogen-bond acceptors (Lipinski definition) is 3. The standard InChI is InChI=1S/C17H13NO2S/c19-17(20)15(13-7-2-1-3-8-13)21-16-14-9-5-4-6-12(14)10-11-18-16/h1-11,15H,(H,19,20)/t15-/m1/s1. The molecule has 0 aliphatic heterocycles. The summed E-state index contributed by atoms with van der Waals surface area (Å²) < 4.78 is 0. The summed E-state index contributed by atoms with van der Waals surface area (Å²) in [4.78, 5) is 15.9. The van der Waals surface area contributed by atoms with Crippen molar-refractivity contribution in [2.75, 3.05) is 0 Å². The van der Waals surface area contributed by atoms with Crippen LogP contribution in [0.25, 0.3) is 10.8 Å². The van der Waals surface area contributed by atoms with Crippen LogP contribution in [0.1, 0.15) is 10.8 Å². The Bertz CT molecular complexity index is 769. The summed E-state index contributed by atoms with van der Waals surface area (Å²) in [5.74, 6) is -0.860. The zero-order chi connectivity index (χ0) is 14.7. The molecule has 0 bridgehead atoms. The van der Waals surface area contributed by atoms with Crippen LogP contribution < -0.4 is 0 Å². The fourth-order valence-corrected chi connectivity index (χ4v) is 3.24. The summed E-state index contributed by atoms with van der Waals surface area (Å²) in [6, 6.07) is 19.0. The van der Waals surface area contributed by atoms with Crippen molar-refractivity contribution < 1.29 is 9.90 Å². The molecule has 0 aliphatic carbocycles. The highest BCUT2D eigenvalue weighted by Gasteiger charge is 2.22. The number of hydrogen-bond donors (Lipinski definition) is 1. The zero-order valence-electron chi connectivity index (χ0n) is 11.1. The first-order valence-corrected chi connectivity index (χ1v) is 7.42. The van der Waals surface area contributed by atoms with Crippen LogP contribution in [-0.2, 0) is 4.79 Å². The molecular weight excluding hydrogens is 282 g/mol. The van der Waals surface area contributed by atoms with Gasteiger partial charge in [0.25, 0.3) is 0 Å². The number of aliphatic carboxylic acids is 1. The Morgan fingerprint density at radius 3 is 2.48 bits per heavy atom. The normalized spacial score (nSPS) is 12.2. The van der Waals surface area contributed by atoms with Gasteiger partial charge in [-0.15, -0.1) is 0 Å². The van der Waals surface area contributed by atoms with Gasteiger partial charge in [0, 0.05) is 11.6 Å². The molecule has 0 radical (unpaired) electrons. The highest BCUT2D eigenvalue weighted by Crippen LogP contribution is 2.37. The number of carboxylic acids is 1. The van der Waals surface area contributed by atoms with E-state index >= 15 is 0 Å². The van der Waals surface area contributed by atoms with Crippen LogP contribution in [0.3, 0.4) is 0 Å². The molecule has 0 spiro atoms. The molecule has 1 N–H and O–H groups in total. The molecule has 3 nitrogen and oxygen atoms in total. The Labute approximate surface area is 126 Å². The van der Waals surface area contributed by atoms with Gasteiger partial charge < -0.3 is 5.11 Å². The van der Waals surface area contributed by atoms with Crippen molar-refractivity contribution in [1.29, 1.82) is 0 Å². The van der Waals surface area contributed by atoms with Crippen LogP contribution in [0.15, 0.2) is 71.9 Å². The van der Waals surface area contributed by atoms with Gasteiger partial charge in [0.2, 0.25) is 0 Å². The van der Waals surface area contributed by atoms with Gasteiger partial charge in [0.1, 0.15) is 10.3 Å². The van der Waals surface area contributed by atoms with Crippen LogP contribution in [-0.4, -0.2) is 16.1 Å². The van der Waals surface area contributed by atoms with Crippen LogP contribution in [0.2, 0.25) is 0 Å². The maximum Gasteiger partial charge on any atom is 0.321 e. The number of carbonyl (C=O) groups is 1. The topological polar surface area (TPSA) is 50.2 Å². The van der Waals surface area contributed by atoms with Gasteiger partial charge >= 0.3 is 5.97 Å². The minimum absolute atomic E-state index is 0.662. The molecule has 21 heavy (non-hydrogen) atoms. The number of nitrogens with zero attached hydrogens (tertiary/aromatic N) is 1. The van der Waals surface area contributed by atoms with Crippen molar-refractivity contribution in [3.63, 3.8) is 0 Å². The fraction of sp³-hybridized carbons (Fsp3) is 0.0588. The van der Waals surface area contributed by atoms with E-state index in [1.54, 1.807) is 6.20 Å². The van der Waals surface area contributed by atoms with Crippen molar-refractivity contribution >= 4 is 28.5 Å². The van der Waals surface area contributed by atoms with Gasteiger partial charge in [-0.3, -0.25) is 4.79 Å². The summed E-state index contributed by atoms with van der Waals surface area (Å²) in [5, 5.41) is 11.6. The highest BCUT2D eigenvalue weighted by atomic mass is 32.2. The third-order valence-corrected chi connectivity index (χ3v) is 4.45. The average Bonchev–Trinajstić information content (AvgIpc) is 2.53. The number of benzene rings is 2. The molecule has 0 saturated heterocycles. The lowest BCUT2D eigenvalue weighted by atomic mass is 10.1. The number of fused-ring (bicyclic) bond motifs is 1. The van der Waals surface area contributed by atoms with Crippen molar-refractivity contribution in [1.82, 2.24) is 4.98 Å². The molecule has 0 amide bonds. The molecule has 1 heterocycles. The summed E-state index contributed by atoms with van der Waals surface area (Å²) in [6.45, 7) is 0. The number of pyridine rings is 1. The first-order chi connectivity index (χ1) is 10.3. The molecule has 4 heteroatoms. The van der Waals surface area contributed by atoms with E-state index in [2.05, 4.69) is 4.98 Å². The molecule has 0 unspecified atom stereocenters. The fourth-order valence-electron chi connectivity index (χ4n) is 2.19. The Kier molecular flexibility index (Phi) is 3.88. The van der Waals surface area contributed by atoms with Gasteiger partial charge in [-0.1, -0.05) is 66.4 Å². The van der Waals surface area contributed by atoms with Gasteiger partial charge in [-0.05, 0) is 17.0 Å². The van der Waals surface area contributed by atoms with Gasteiger partial charge in [0.15, 0.2) is 0 Å². The Morgan fingerprint density at radius 2 is 1.71 bits per heavy atom. The minimum Gasteiger partial charge on any atom is -0.480 e. The predicted octanol–water partition coefficient (Wildman–Crippen LogP) is 4.15. The van der Waals surface area contributed by atoms with Crippen molar-refractivity contribution in [3.8, 4) is 0 Å². The number of aromatic nitrogens is 1. The SMILES string of the molecule is O=C(O)[C@H](Sc1nccc2ccccc12)c1ccccc1. The maximum atomic E-state index is 11.6. The first kappa shape index (κ1) is 13.6. The van der Waals surface area contributed by atoms with Crippen LogP contribution in [0.4, 0.5) is 0 Å². The highest BCUT2D eigenvalue weighted by molar-refractivity contribution is 8.00. The lowest BCUT2D eigenvalue weighted by molar-refractivity contribution is -0.136. The quantitative estimate of drug-likeness (QED) is 0.734. The number of thioether (sulfide) groups is 1. The van der Waals surface area contributed by atoms with E-state index in [1.165, 1.54) is 11.8 Å². The van der Waals surface area contributed by atoms with Gasteiger partial charge in [0.05, 0.1) is 0 Å². The van der Waals surface area contributed by atoms with E-state index in [1.807, 2.05) is 60.7 Å². The van der Waals surface area contributed by atoms with E-state index in [9.17, 15) is 9.90 Å². The first-order valence-electron chi connectivity index (χ1n) is 6.54. The molecule has 0 saturated carbocycles. The summed E-state index contributed by atoms with van der Waals surface area (Å²) in [7, 11) is 0.